The predicted molar refractivity (Wildman–Crippen MR) is 96.8 cm³/mol. The Labute approximate surface area is 146 Å². The molecule has 0 amide bonds. The van der Waals surface area contributed by atoms with Crippen LogP contribution in [0.25, 0.3) is 22.4 Å². The van der Waals surface area contributed by atoms with Gasteiger partial charge in [-0.05, 0) is 49.1 Å². The van der Waals surface area contributed by atoms with Crippen LogP contribution in [-0.2, 0) is 0 Å². The zero-order chi connectivity index (χ0) is 17.3. The summed E-state index contributed by atoms with van der Waals surface area (Å²) in [6.07, 6.45) is 3.65. The smallest absolute Gasteiger partial charge is 0.147 e. The molecule has 0 aliphatic heterocycles. The Hall–Kier alpha value is -2.70. The van der Waals surface area contributed by atoms with Crippen LogP contribution in [-0.4, -0.2) is 9.97 Å². The lowest BCUT2D eigenvalue weighted by atomic mass is 9.92. The quantitative estimate of drug-likeness (QED) is 0.601. The Bertz CT molecular complexity index is 951. The molecule has 0 bridgehead atoms. The molecule has 118 valence electrons. The molecule has 0 radical (unpaired) electrons. The maximum absolute atomic E-state index is 9.36. The standard InChI is InChI=1S/C20H16ClN3/c1-12-6-4-5-7-16(12)19-17(8-15(9-22)20(21)24-19)18-13(2)10-23-11-14(18)3/h4-8,10-11H,1-3H3. The summed E-state index contributed by atoms with van der Waals surface area (Å²) in [4.78, 5) is 8.79. The number of aryl methyl sites for hydroxylation is 3. The lowest BCUT2D eigenvalue weighted by Gasteiger charge is -2.16. The Morgan fingerprint density at radius 1 is 0.958 bits per heavy atom. The first-order valence-corrected chi connectivity index (χ1v) is 7.99. The second kappa shape index (κ2) is 6.43. The van der Waals surface area contributed by atoms with Crippen molar-refractivity contribution in [3.8, 4) is 28.5 Å². The van der Waals surface area contributed by atoms with E-state index in [4.69, 9.17) is 11.6 Å². The molecule has 0 aliphatic rings. The van der Waals surface area contributed by atoms with Crippen LogP contribution in [0, 0.1) is 32.1 Å². The fourth-order valence-corrected chi connectivity index (χ4v) is 3.11. The summed E-state index contributed by atoms with van der Waals surface area (Å²) >= 11 is 6.22. The second-order valence-electron chi connectivity index (χ2n) is 5.80. The molecule has 2 aromatic heterocycles. The fourth-order valence-electron chi connectivity index (χ4n) is 2.93. The third kappa shape index (κ3) is 2.77. The van der Waals surface area contributed by atoms with Crippen molar-refractivity contribution in [1.82, 2.24) is 9.97 Å². The average Bonchev–Trinajstić information content (AvgIpc) is 2.56. The number of benzene rings is 1. The SMILES string of the molecule is Cc1ccccc1-c1nc(Cl)c(C#N)cc1-c1c(C)cncc1C. The van der Waals surface area contributed by atoms with Crippen LogP contribution in [0.5, 0.6) is 0 Å². The van der Waals surface area contributed by atoms with Crippen LogP contribution in [0.4, 0.5) is 0 Å². The molecular weight excluding hydrogens is 318 g/mol. The Balaban J connectivity index is 2.41. The molecule has 0 aliphatic carbocycles. The molecule has 0 saturated heterocycles. The van der Waals surface area contributed by atoms with Crippen LogP contribution in [0.2, 0.25) is 5.15 Å². The molecule has 0 saturated carbocycles. The Kier molecular flexibility index (Phi) is 4.33. The summed E-state index contributed by atoms with van der Waals surface area (Å²) < 4.78 is 0. The van der Waals surface area contributed by atoms with Crippen LogP contribution in [0.3, 0.4) is 0 Å². The highest BCUT2D eigenvalue weighted by molar-refractivity contribution is 6.30. The predicted octanol–water partition coefficient (Wildman–Crippen LogP) is 5.26. The molecule has 0 spiro atoms. The molecule has 4 heteroatoms. The summed E-state index contributed by atoms with van der Waals surface area (Å²) in [7, 11) is 0. The van der Waals surface area contributed by atoms with Crippen LogP contribution >= 0.6 is 11.6 Å². The van der Waals surface area contributed by atoms with Gasteiger partial charge in [-0.25, -0.2) is 4.98 Å². The van der Waals surface area contributed by atoms with E-state index in [1.165, 1.54) is 0 Å². The number of hydrogen-bond acceptors (Lipinski definition) is 3. The second-order valence-corrected chi connectivity index (χ2v) is 6.16. The topological polar surface area (TPSA) is 49.6 Å². The first kappa shape index (κ1) is 16.2. The third-order valence-corrected chi connectivity index (χ3v) is 4.38. The molecule has 3 nitrogen and oxygen atoms in total. The van der Waals surface area contributed by atoms with E-state index in [1.54, 1.807) is 0 Å². The first-order chi connectivity index (χ1) is 11.5. The summed E-state index contributed by atoms with van der Waals surface area (Å²) in [6, 6.07) is 12.0. The fraction of sp³-hybridized carbons (Fsp3) is 0.150. The normalized spacial score (nSPS) is 10.5. The van der Waals surface area contributed by atoms with E-state index < -0.39 is 0 Å². The molecule has 0 N–H and O–H groups in total. The lowest BCUT2D eigenvalue weighted by molar-refractivity contribution is 1.21. The van der Waals surface area contributed by atoms with Crippen LogP contribution < -0.4 is 0 Å². The Morgan fingerprint density at radius 2 is 1.62 bits per heavy atom. The first-order valence-electron chi connectivity index (χ1n) is 7.61. The van der Waals surface area contributed by atoms with Gasteiger partial charge < -0.3 is 0 Å². The van der Waals surface area contributed by atoms with Gasteiger partial charge in [-0.1, -0.05) is 35.9 Å². The van der Waals surface area contributed by atoms with Gasteiger partial charge in [0.15, 0.2) is 0 Å². The van der Waals surface area contributed by atoms with Crippen molar-refractivity contribution < 1.29 is 0 Å². The van der Waals surface area contributed by atoms with Gasteiger partial charge in [0.1, 0.15) is 11.2 Å². The minimum Gasteiger partial charge on any atom is -0.264 e. The zero-order valence-corrected chi connectivity index (χ0v) is 14.5. The molecule has 3 rings (SSSR count). The van der Waals surface area contributed by atoms with Gasteiger partial charge in [0.2, 0.25) is 0 Å². The van der Waals surface area contributed by atoms with E-state index in [0.29, 0.717) is 5.56 Å². The van der Waals surface area contributed by atoms with Gasteiger partial charge in [-0.15, -0.1) is 0 Å². The number of nitriles is 1. The van der Waals surface area contributed by atoms with Gasteiger partial charge in [-0.3, -0.25) is 4.98 Å². The van der Waals surface area contributed by atoms with E-state index in [2.05, 4.69) is 16.0 Å². The molecule has 24 heavy (non-hydrogen) atoms. The summed E-state index contributed by atoms with van der Waals surface area (Å²) in [5.74, 6) is 0. The van der Waals surface area contributed by atoms with Crippen LogP contribution in [0.1, 0.15) is 22.3 Å². The highest BCUT2D eigenvalue weighted by atomic mass is 35.5. The van der Waals surface area contributed by atoms with E-state index in [9.17, 15) is 5.26 Å². The van der Waals surface area contributed by atoms with Gasteiger partial charge >= 0.3 is 0 Å². The zero-order valence-electron chi connectivity index (χ0n) is 13.8. The van der Waals surface area contributed by atoms with Gasteiger partial charge in [0, 0.05) is 23.5 Å². The summed E-state index contributed by atoms with van der Waals surface area (Å²) in [6.45, 7) is 6.06. The minimum absolute atomic E-state index is 0.226. The van der Waals surface area contributed by atoms with E-state index in [0.717, 1.165) is 39.1 Å². The minimum atomic E-state index is 0.226. The summed E-state index contributed by atoms with van der Waals surface area (Å²) in [5, 5.41) is 9.58. The number of halogens is 1. The molecule has 0 atom stereocenters. The molecular formula is C20H16ClN3. The number of nitrogens with zero attached hydrogens (tertiary/aromatic N) is 3. The monoisotopic (exact) mass is 333 g/mol. The third-order valence-electron chi connectivity index (χ3n) is 4.09. The molecule has 2 heterocycles. The van der Waals surface area contributed by atoms with E-state index in [-0.39, 0.29) is 5.15 Å². The number of hydrogen-bond donors (Lipinski definition) is 0. The number of rotatable bonds is 2. The van der Waals surface area contributed by atoms with Gasteiger partial charge in [0.05, 0.1) is 11.3 Å². The number of pyridine rings is 2. The van der Waals surface area contributed by atoms with Crippen molar-refractivity contribution >= 4 is 11.6 Å². The number of aromatic nitrogens is 2. The average molecular weight is 334 g/mol. The van der Waals surface area contributed by atoms with Crippen molar-refractivity contribution in [1.29, 1.82) is 5.26 Å². The highest BCUT2D eigenvalue weighted by Crippen LogP contribution is 2.37. The maximum atomic E-state index is 9.36. The van der Waals surface area contributed by atoms with E-state index in [1.807, 2.05) is 63.5 Å². The highest BCUT2D eigenvalue weighted by Gasteiger charge is 2.18. The lowest BCUT2D eigenvalue weighted by Crippen LogP contribution is -1.98. The van der Waals surface area contributed by atoms with E-state index >= 15 is 0 Å². The maximum Gasteiger partial charge on any atom is 0.147 e. The molecule has 3 aromatic rings. The van der Waals surface area contributed by atoms with Crippen molar-refractivity contribution in [2.75, 3.05) is 0 Å². The van der Waals surface area contributed by atoms with Crippen LogP contribution in [0.15, 0.2) is 42.7 Å². The molecule has 0 fully saturated rings. The van der Waals surface area contributed by atoms with Crippen molar-refractivity contribution in [2.24, 2.45) is 0 Å². The largest absolute Gasteiger partial charge is 0.264 e. The molecule has 1 aromatic carbocycles. The van der Waals surface area contributed by atoms with Gasteiger partial charge in [-0.2, -0.15) is 5.26 Å². The van der Waals surface area contributed by atoms with Crippen molar-refractivity contribution in [3.05, 3.63) is 70.1 Å². The molecule has 0 unspecified atom stereocenters. The summed E-state index contributed by atoms with van der Waals surface area (Å²) in [5.41, 5.74) is 7.31. The van der Waals surface area contributed by atoms with Gasteiger partial charge in [0.25, 0.3) is 0 Å². The van der Waals surface area contributed by atoms with Crippen molar-refractivity contribution in [2.45, 2.75) is 20.8 Å². The van der Waals surface area contributed by atoms with Crippen molar-refractivity contribution in [3.63, 3.8) is 0 Å². The Morgan fingerprint density at radius 3 is 2.25 bits per heavy atom.